The average molecular weight is 323 g/mol. The molecule has 2 aliphatic heterocycles. The number of amides is 1. The maximum absolute atomic E-state index is 12.1. The molecule has 3 heterocycles. The summed E-state index contributed by atoms with van der Waals surface area (Å²) in [6.07, 6.45) is 0.911. The second-order valence-electron chi connectivity index (χ2n) is 6.12. The van der Waals surface area contributed by atoms with Crippen LogP contribution in [-0.2, 0) is 9.53 Å². The normalized spacial score (nSPS) is 24.9. The lowest BCUT2D eigenvalue weighted by Crippen LogP contribution is -2.46. The van der Waals surface area contributed by atoms with Gasteiger partial charge < -0.3 is 15.0 Å². The lowest BCUT2D eigenvalue weighted by Gasteiger charge is -2.34. The SMILES string of the molecule is Cc1ccc([C@@H](CN[C@H]2CCN(C)C2=O)N2CCOCC2)s1. The molecule has 2 atom stereocenters. The van der Waals surface area contributed by atoms with E-state index in [0.717, 1.165) is 45.8 Å². The van der Waals surface area contributed by atoms with Crippen molar-refractivity contribution >= 4 is 17.2 Å². The Kier molecular flexibility index (Phi) is 5.13. The molecule has 2 aliphatic rings. The predicted molar refractivity (Wildman–Crippen MR) is 88.2 cm³/mol. The van der Waals surface area contributed by atoms with Gasteiger partial charge in [-0.25, -0.2) is 0 Å². The first kappa shape index (κ1) is 15.9. The molecule has 5 nitrogen and oxygen atoms in total. The monoisotopic (exact) mass is 323 g/mol. The van der Waals surface area contributed by atoms with Crippen LogP contribution in [0.15, 0.2) is 12.1 Å². The number of nitrogens with zero attached hydrogens (tertiary/aromatic N) is 2. The number of aryl methyl sites for hydroxylation is 1. The minimum absolute atomic E-state index is 0.0189. The van der Waals surface area contributed by atoms with Crippen molar-refractivity contribution in [3.63, 3.8) is 0 Å². The molecule has 2 saturated heterocycles. The van der Waals surface area contributed by atoms with E-state index >= 15 is 0 Å². The summed E-state index contributed by atoms with van der Waals surface area (Å²) in [4.78, 5) is 19.1. The molecule has 3 rings (SSSR count). The van der Waals surface area contributed by atoms with Gasteiger partial charge in [-0.05, 0) is 25.5 Å². The minimum Gasteiger partial charge on any atom is -0.379 e. The van der Waals surface area contributed by atoms with Gasteiger partial charge in [0.25, 0.3) is 0 Å². The lowest BCUT2D eigenvalue weighted by atomic mass is 10.1. The van der Waals surface area contributed by atoms with Gasteiger partial charge in [0.2, 0.25) is 5.91 Å². The molecule has 0 radical (unpaired) electrons. The van der Waals surface area contributed by atoms with Crippen molar-refractivity contribution in [3.05, 3.63) is 21.9 Å². The maximum atomic E-state index is 12.1. The van der Waals surface area contributed by atoms with E-state index < -0.39 is 0 Å². The highest BCUT2D eigenvalue weighted by molar-refractivity contribution is 7.12. The van der Waals surface area contributed by atoms with E-state index in [2.05, 4.69) is 29.3 Å². The van der Waals surface area contributed by atoms with Crippen molar-refractivity contribution in [1.29, 1.82) is 0 Å². The van der Waals surface area contributed by atoms with Gasteiger partial charge in [0, 0.05) is 43.0 Å². The zero-order valence-electron chi connectivity index (χ0n) is 13.4. The molecule has 0 bridgehead atoms. The summed E-state index contributed by atoms with van der Waals surface area (Å²) < 4.78 is 5.48. The van der Waals surface area contributed by atoms with Crippen molar-refractivity contribution in [2.75, 3.05) is 46.4 Å². The molecular formula is C16H25N3O2S. The summed E-state index contributed by atoms with van der Waals surface area (Å²) in [5, 5.41) is 3.50. The first-order valence-electron chi connectivity index (χ1n) is 8.01. The summed E-state index contributed by atoms with van der Waals surface area (Å²) in [7, 11) is 1.88. The fourth-order valence-electron chi connectivity index (χ4n) is 3.20. The van der Waals surface area contributed by atoms with Crippen LogP contribution in [0, 0.1) is 6.92 Å². The molecule has 0 unspecified atom stereocenters. The Morgan fingerprint density at radius 1 is 1.36 bits per heavy atom. The van der Waals surface area contributed by atoms with E-state index in [-0.39, 0.29) is 11.9 Å². The van der Waals surface area contributed by atoms with Gasteiger partial charge in [0.05, 0.1) is 25.3 Å². The van der Waals surface area contributed by atoms with Crippen LogP contribution in [0.4, 0.5) is 0 Å². The Morgan fingerprint density at radius 2 is 2.14 bits per heavy atom. The summed E-state index contributed by atoms with van der Waals surface area (Å²) in [5.41, 5.74) is 0. The molecule has 6 heteroatoms. The summed E-state index contributed by atoms with van der Waals surface area (Å²) in [6.45, 7) is 7.34. The number of rotatable bonds is 5. The van der Waals surface area contributed by atoms with Gasteiger partial charge in [-0.3, -0.25) is 9.69 Å². The summed E-state index contributed by atoms with van der Waals surface area (Å²) in [5.74, 6) is 0.225. The number of nitrogens with one attached hydrogen (secondary N) is 1. The first-order chi connectivity index (χ1) is 10.6. The Balaban J connectivity index is 1.67. The predicted octanol–water partition coefficient (Wildman–Crippen LogP) is 1.25. The molecule has 1 N–H and O–H groups in total. The fraction of sp³-hybridized carbons (Fsp3) is 0.688. The third-order valence-electron chi connectivity index (χ3n) is 4.56. The van der Waals surface area contributed by atoms with E-state index in [9.17, 15) is 4.79 Å². The number of hydrogen-bond donors (Lipinski definition) is 1. The highest BCUT2D eigenvalue weighted by atomic mass is 32.1. The van der Waals surface area contributed by atoms with Crippen LogP contribution in [0.1, 0.15) is 22.2 Å². The molecule has 0 saturated carbocycles. The average Bonchev–Trinajstić information content (AvgIpc) is 3.09. The highest BCUT2D eigenvalue weighted by Gasteiger charge is 2.31. The van der Waals surface area contributed by atoms with Crippen molar-refractivity contribution in [2.24, 2.45) is 0 Å². The van der Waals surface area contributed by atoms with Crippen molar-refractivity contribution < 1.29 is 9.53 Å². The minimum atomic E-state index is -0.0189. The quantitative estimate of drug-likeness (QED) is 0.886. The van der Waals surface area contributed by atoms with Gasteiger partial charge in [-0.15, -0.1) is 11.3 Å². The number of morpholine rings is 1. The molecule has 22 heavy (non-hydrogen) atoms. The Hall–Kier alpha value is -0.950. The smallest absolute Gasteiger partial charge is 0.239 e. The van der Waals surface area contributed by atoms with Crippen molar-refractivity contribution in [1.82, 2.24) is 15.1 Å². The van der Waals surface area contributed by atoms with Gasteiger partial charge in [-0.1, -0.05) is 0 Å². The largest absolute Gasteiger partial charge is 0.379 e. The molecule has 1 aromatic heterocycles. The van der Waals surface area contributed by atoms with E-state index in [1.165, 1.54) is 9.75 Å². The molecule has 0 aromatic carbocycles. The van der Waals surface area contributed by atoms with Gasteiger partial charge >= 0.3 is 0 Å². The molecule has 1 aromatic rings. The Bertz CT molecular complexity index is 513. The van der Waals surface area contributed by atoms with Crippen LogP contribution in [0.5, 0.6) is 0 Å². The van der Waals surface area contributed by atoms with E-state index in [4.69, 9.17) is 4.74 Å². The second-order valence-corrected chi connectivity index (χ2v) is 7.44. The topological polar surface area (TPSA) is 44.8 Å². The number of ether oxygens (including phenoxy) is 1. The standard InChI is InChI=1S/C16H25N3O2S/c1-12-3-4-15(22-12)14(19-7-9-21-10-8-19)11-17-13-5-6-18(2)16(13)20/h3-4,13-14,17H,5-11H2,1-2H3/t13-,14+/m0/s1. The van der Waals surface area contributed by atoms with Gasteiger partial charge in [-0.2, -0.15) is 0 Å². The molecule has 2 fully saturated rings. The number of carbonyl (C=O) groups is 1. The van der Waals surface area contributed by atoms with Crippen molar-refractivity contribution in [2.45, 2.75) is 25.4 Å². The summed E-state index contributed by atoms with van der Waals surface area (Å²) in [6, 6.07) is 4.72. The Morgan fingerprint density at radius 3 is 2.73 bits per heavy atom. The number of thiophene rings is 1. The van der Waals surface area contributed by atoms with E-state index in [1.807, 2.05) is 23.3 Å². The second kappa shape index (κ2) is 7.08. The van der Waals surface area contributed by atoms with E-state index in [1.54, 1.807) is 0 Å². The third-order valence-corrected chi connectivity index (χ3v) is 5.66. The van der Waals surface area contributed by atoms with E-state index in [0.29, 0.717) is 6.04 Å². The van der Waals surface area contributed by atoms with Crippen LogP contribution in [-0.4, -0.2) is 68.2 Å². The molecule has 1 amide bonds. The van der Waals surface area contributed by atoms with Gasteiger partial charge in [0.1, 0.15) is 0 Å². The maximum Gasteiger partial charge on any atom is 0.239 e. The van der Waals surface area contributed by atoms with Crippen LogP contribution >= 0.6 is 11.3 Å². The van der Waals surface area contributed by atoms with Crippen LogP contribution in [0.25, 0.3) is 0 Å². The number of likely N-dealkylation sites (N-methyl/N-ethyl adjacent to an activating group) is 1. The molecule has 122 valence electrons. The summed E-state index contributed by atoms with van der Waals surface area (Å²) >= 11 is 1.86. The molecule has 0 aliphatic carbocycles. The fourth-order valence-corrected chi connectivity index (χ4v) is 4.21. The lowest BCUT2D eigenvalue weighted by molar-refractivity contribution is -0.128. The van der Waals surface area contributed by atoms with Crippen LogP contribution in [0.2, 0.25) is 0 Å². The number of likely N-dealkylation sites (tertiary alicyclic amines) is 1. The highest BCUT2D eigenvalue weighted by Crippen LogP contribution is 2.28. The first-order valence-corrected chi connectivity index (χ1v) is 8.83. The van der Waals surface area contributed by atoms with Crippen LogP contribution in [0.3, 0.4) is 0 Å². The van der Waals surface area contributed by atoms with Crippen LogP contribution < -0.4 is 5.32 Å². The third kappa shape index (κ3) is 3.51. The van der Waals surface area contributed by atoms with Gasteiger partial charge in [0.15, 0.2) is 0 Å². The number of hydrogen-bond acceptors (Lipinski definition) is 5. The number of carbonyl (C=O) groups excluding carboxylic acids is 1. The zero-order valence-corrected chi connectivity index (χ0v) is 14.2. The Labute approximate surface area is 136 Å². The van der Waals surface area contributed by atoms with Crippen molar-refractivity contribution in [3.8, 4) is 0 Å². The zero-order chi connectivity index (χ0) is 15.5. The molecule has 0 spiro atoms. The molecular weight excluding hydrogens is 298 g/mol.